The smallest absolute Gasteiger partial charge is 0.341 e. The summed E-state index contributed by atoms with van der Waals surface area (Å²) in [6, 6.07) is 1.13. The summed E-state index contributed by atoms with van der Waals surface area (Å²) in [7, 11) is 1.41. The standard InChI is InChI=1S/C24H29FN2O6/c1-33-21-18-15(20(30)16(22(31)32)9-27(18)14-4-5-14)8-17(25)19(21)26-10-23(12-28)6-2-3-7-24(23,11-26)13-29/h8-9,14,28-29H,2-7,10-13H2,1H3,(H,31,32)/t23-,24+. The number of nitrogens with zero attached hydrogens (tertiary/aromatic N) is 2. The van der Waals surface area contributed by atoms with Crippen molar-refractivity contribution < 1.29 is 29.2 Å². The molecule has 8 nitrogen and oxygen atoms in total. The van der Waals surface area contributed by atoms with E-state index in [4.69, 9.17) is 4.74 Å². The molecule has 1 aromatic heterocycles. The molecule has 0 unspecified atom stereocenters. The van der Waals surface area contributed by atoms with Crippen LogP contribution in [-0.2, 0) is 0 Å². The first-order chi connectivity index (χ1) is 15.8. The number of anilines is 1. The van der Waals surface area contributed by atoms with Gasteiger partial charge in [0, 0.05) is 36.2 Å². The molecule has 0 amide bonds. The SMILES string of the molecule is COc1c(N2C[C@]3(CO)CCCC[C@]3(CO)C2)c(F)cc2c(=O)c(C(=O)O)cn(C3CC3)c12. The second-order valence-electron chi connectivity index (χ2n) is 9.89. The lowest BCUT2D eigenvalue weighted by atomic mass is 9.58. The number of fused-ring (bicyclic) bond motifs is 2. The van der Waals surface area contributed by atoms with Gasteiger partial charge in [-0.1, -0.05) is 12.8 Å². The van der Waals surface area contributed by atoms with Gasteiger partial charge < -0.3 is 29.5 Å². The molecule has 2 saturated carbocycles. The maximum Gasteiger partial charge on any atom is 0.341 e. The van der Waals surface area contributed by atoms with E-state index in [0.717, 1.165) is 44.6 Å². The molecule has 1 saturated heterocycles. The maximum atomic E-state index is 15.7. The van der Waals surface area contributed by atoms with Crippen LogP contribution in [0.5, 0.6) is 5.75 Å². The number of carboxylic acids is 1. The fraction of sp³-hybridized carbons (Fsp3) is 0.583. The van der Waals surface area contributed by atoms with E-state index in [0.29, 0.717) is 18.6 Å². The molecule has 178 valence electrons. The molecule has 2 heterocycles. The predicted molar refractivity (Wildman–Crippen MR) is 120 cm³/mol. The number of pyridine rings is 1. The fourth-order valence-electron chi connectivity index (χ4n) is 6.21. The first-order valence-electron chi connectivity index (χ1n) is 11.5. The van der Waals surface area contributed by atoms with E-state index in [1.54, 1.807) is 4.57 Å². The zero-order valence-corrected chi connectivity index (χ0v) is 18.6. The summed E-state index contributed by atoms with van der Waals surface area (Å²) in [5, 5.41) is 30.2. The number of hydrogen-bond acceptors (Lipinski definition) is 6. The molecule has 3 aliphatic rings. The molecular formula is C24H29FN2O6. The minimum absolute atomic E-state index is 0.0205. The summed E-state index contributed by atoms with van der Waals surface area (Å²) >= 11 is 0. The van der Waals surface area contributed by atoms with E-state index >= 15 is 4.39 Å². The lowest BCUT2D eigenvalue weighted by Crippen LogP contribution is -2.48. The Morgan fingerprint density at radius 2 is 1.79 bits per heavy atom. The Bertz CT molecular complexity index is 1170. The van der Waals surface area contributed by atoms with Crippen LogP contribution in [0.25, 0.3) is 10.9 Å². The quantitative estimate of drug-likeness (QED) is 0.607. The molecule has 9 heteroatoms. The molecule has 2 aromatic rings. The third kappa shape index (κ3) is 3.09. The molecule has 1 aliphatic heterocycles. The van der Waals surface area contributed by atoms with E-state index in [-0.39, 0.29) is 36.1 Å². The normalized spacial score (nSPS) is 27.1. The summed E-state index contributed by atoms with van der Waals surface area (Å²) in [6.45, 7) is 0.528. The van der Waals surface area contributed by atoms with Gasteiger partial charge in [-0.3, -0.25) is 4.79 Å². The van der Waals surface area contributed by atoms with Crippen molar-refractivity contribution in [1.29, 1.82) is 0 Å². The highest BCUT2D eigenvalue weighted by Gasteiger charge is 2.58. The molecule has 3 fully saturated rings. The summed E-state index contributed by atoms with van der Waals surface area (Å²) in [4.78, 5) is 26.4. The van der Waals surface area contributed by atoms with Crippen molar-refractivity contribution in [3.05, 3.63) is 33.9 Å². The lowest BCUT2D eigenvalue weighted by Gasteiger charge is -2.46. The van der Waals surface area contributed by atoms with Gasteiger partial charge in [0.05, 0.1) is 31.2 Å². The van der Waals surface area contributed by atoms with Crippen LogP contribution >= 0.6 is 0 Å². The second-order valence-corrected chi connectivity index (χ2v) is 9.89. The van der Waals surface area contributed by atoms with Crippen LogP contribution in [0, 0.1) is 16.6 Å². The van der Waals surface area contributed by atoms with Gasteiger partial charge in [0.15, 0.2) is 11.6 Å². The molecular weight excluding hydrogens is 431 g/mol. The van der Waals surface area contributed by atoms with E-state index < -0.39 is 33.6 Å². The summed E-state index contributed by atoms with van der Waals surface area (Å²) in [5.74, 6) is -1.84. The summed E-state index contributed by atoms with van der Waals surface area (Å²) in [6.07, 6.45) is 6.36. The van der Waals surface area contributed by atoms with Gasteiger partial charge in [0.1, 0.15) is 11.3 Å². The van der Waals surface area contributed by atoms with Crippen molar-refractivity contribution in [2.45, 2.75) is 44.6 Å². The maximum absolute atomic E-state index is 15.7. The van der Waals surface area contributed by atoms with Crippen LogP contribution in [0.15, 0.2) is 17.1 Å². The average molecular weight is 461 g/mol. The van der Waals surface area contributed by atoms with Gasteiger partial charge >= 0.3 is 5.97 Å². The monoisotopic (exact) mass is 460 g/mol. The number of aromatic nitrogens is 1. The third-order valence-corrected chi connectivity index (χ3v) is 8.17. The molecule has 0 bridgehead atoms. The molecule has 0 spiro atoms. The zero-order chi connectivity index (χ0) is 23.5. The Hall–Kier alpha value is -2.65. The Morgan fingerprint density at radius 1 is 1.18 bits per heavy atom. The topological polar surface area (TPSA) is 112 Å². The van der Waals surface area contributed by atoms with Gasteiger partial charge in [0.25, 0.3) is 0 Å². The first kappa shape index (κ1) is 22.2. The molecule has 3 N–H and O–H groups in total. The Morgan fingerprint density at radius 3 is 2.27 bits per heavy atom. The molecule has 5 rings (SSSR count). The van der Waals surface area contributed by atoms with Gasteiger partial charge in [-0.2, -0.15) is 0 Å². The Kier molecular flexibility index (Phi) is 5.17. The number of carbonyl (C=O) groups is 1. The van der Waals surface area contributed by atoms with Gasteiger partial charge in [-0.15, -0.1) is 0 Å². The molecule has 1 aromatic carbocycles. The van der Waals surface area contributed by atoms with Crippen molar-refractivity contribution in [2.75, 3.05) is 38.3 Å². The number of methoxy groups -OCH3 is 1. The third-order valence-electron chi connectivity index (χ3n) is 8.17. The number of aliphatic hydroxyl groups excluding tert-OH is 2. The number of rotatable bonds is 6. The van der Waals surface area contributed by atoms with Crippen LogP contribution in [0.1, 0.15) is 54.9 Å². The van der Waals surface area contributed by atoms with Crippen molar-refractivity contribution in [3.8, 4) is 5.75 Å². The number of ether oxygens (including phenoxy) is 1. The fourth-order valence-corrected chi connectivity index (χ4v) is 6.21. The minimum Gasteiger partial charge on any atom is -0.492 e. The first-order valence-corrected chi connectivity index (χ1v) is 11.5. The summed E-state index contributed by atoms with van der Waals surface area (Å²) < 4.78 is 23.1. The van der Waals surface area contributed by atoms with Gasteiger partial charge in [-0.25, -0.2) is 9.18 Å². The predicted octanol–water partition coefficient (Wildman–Crippen LogP) is 2.53. The van der Waals surface area contributed by atoms with E-state index in [1.165, 1.54) is 13.3 Å². The largest absolute Gasteiger partial charge is 0.492 e. The number of halogens is 1. The van der Waals surface area contributed by atoms with Crippen molar-refractivity contribution in [2.24, 2.45) is 10.8 Å². The molecule has 2 atom stereocenters. The summed E-state index contributed by atoms with van der Waals surface area (Å²) in [5.41, 5.74) is -1.65. The van der Waals surface area contributed by atoms with Crippen molar-refractivity contribution in [3.63, 3.8) is 0 Å². The number of hydrogen-bond donors (Lipinski definition) is 3. The van der Waals surface area contributed by atoms with Crippen LogP contribution < -0.4 is 15.1 Å². The molecule has 2 aliphatic carbocycles. The van der Waals surface area contributed by atoms with Gasteiger partial charge in [0.2, 0.25) is 5.43 Å². The Balaban J connectivity index is 1.74. The second kappa shape index (κ2) is 7.70. The van der Waals surface area contributed by atoms with Crippen molar-refractivity contribution >= 4 is 22.6 Å². The average Bonchev–Trinajstić information content (AvgIpc) is 3.59. The lowest BCUT2D eigenvalue weighted by molar-refractivity contribution is -0.0490. The van der Waals surface area contributed by atoms with E-state index in [9.17, 15) is 24.9 Å². The van der Waals surface area contributed by atoms with Gasteiger partial charge in [-0.05, 0) is 31.7 Å². The van der Waals surface area contributed by atoms with Crippen LogP contribution in [0.3, 0.4) is 0 Å². The number of carboxylic acid groups (broad SMARTS) is 1. The highest BCUT2D eigenvalue weighted by atomic mass is 19.1. The van der Waals surface area contributed by atoms with Crippen molar-refractivity contribution in [1.82, 2.24) is 4.57 Å². The van der Waals surface area contributed by atoms with Crippen LogP contribution in [0.2, 0.25) is 0 Å². The number of aromatic carboxylic acids is 1. The van der Waals surface area contributed by atoms with Crippen LogP contribution in [0.4, 0.5) is 10.1 Å². The van der Waals surface area contributed by atoms with Crippen LogP contribution in [-0.4, -0.2) is 59.3 Å². The molecule has 33 heavy (non-hydrogen) atoms. The minimum atomic E-state index is -1.35. The zero-order valence-electron chi connectivity index (χ0n) is 18.6. The van der Waals surface area contributed by atoms with E-state index in [2.05, 4.69) is 0 Å². The highest BCUT2D eigenvalue weighted by Crippen LogP contribution is 2.57. The van der Waals surface area contributed by atoms with E-state index in [1.807, 2.05) is 4.90 Å². The number of benzene rings is 1. The Labute approximate surface area is 190 Å². The molecule has 0 radical (unpaired) electrons. The number of aliphatic hydroxyl groups is 2. The highest BCUT2D eigenvalue weighted by molar-refractivity contribution is 5.97.